The maximum Gasteiger partial charge on any atom is 0.163 e. The van der Waals surface area contributed by atoms with Crippen LogP contribution in [0.1, 0.15) is 56.0 Å². The van der Waals surface area contributed by atoms with Gasteiger partial charge in [-0.1, -0.05) is 69.2 Å². The van der Waals surface area contributed by atoms with E-state index in [4.69, 9.17) is 4.74 Å². The Hall–Kier alpha value is -3.42. The Labute approximate surface area is 221 Å². The van der Waals surface area contributed by atoms with Crippen LogP contribution in [0.25, 0.3) is 0 Å². The molecule has 4 heteroatoms. The first-order valence-electron chi connectivity index (χ1n) is 13.1. The van der Waals surface area contributed by atoms with Gasteiger partial charge in [0.05, 0.1) is 11.7 Å². The normalized spacial score (nSPS) is 11.3. The van der Waals surface area contributed by atoms with Crippen LogP contribution in [0.15, 0.2) is 97.1 Å². The first-order valence-corrected chi connectivity index (χ1v) is 15.1. The van der Waals surface area contributed by atoms with Gasteiger partial charge in [-0.15, -0.1) is 0 Å². The van der Waals surface area contributed by atoms with E-state index in [9.17, 15) is 9.90 Å². The number of hydrogen-bond donors (Lipinski definition) is 1. The molecule has 3 nitrogen and oxygen atoms in total. The molecule has 1 N–H and O–H groups in total. The van der Waals surface area contributed by atoms with E-state index in [1.807, 2.05) is 12.1 Å². The molecule has 0 saturated heterocycles. The van der Waals surface area contributed by atoms with Gasteiger partial charge in [-0.05, 0) is 68.3 Å². The van der Waals surface area contributed by atoms with E-state index in [1.54, 1.807) is 6.07 Å². The molecule has 0 aliphatic carbocycles. The van der Waals surface area contributed by atoms with Crippen molar-refractivity contribution in [3.63, 3.8) is 0 Å². The highest BCUT2D eigenvalue weighted by atomic mass is 31.2. The molecule has 0 radical (unpaired) electrons. The molecule has 4 rings (SSSR count). The maximum absolute atomic E-state index is 12.0. The summed E-state index contributed by atoms with van der Waals surface area (Å²) in [5.74, 6) is 1.21. The van der Waals surface area contributed by atoms with Crippen LogP contribution in [-0.2, 0) is 6.42 Å². The second-order valence-corrected chi connectivity index (χ2v) is 13.0. The number of unbranched alkanes of at least 4 members (excludes halogenated alkanes) is 1. The largest absolute Gasteiger partial charge is 0.507 e. The highest BCUT2D eigenvalue weighted by molar-refractivity contribution is 7.95. The molecule has 190 valence electrons. The van der Waals surface area contributed by atoms with E-state index in [-0.39, 0.29) is 11.5 Å². The smallest absolute Gasteiger partial charge is 0.163 e. The predicted octanol–water partition coefficient (Wildman–Crippen LogP) is 7.43. The molecule has 0 aromatic heterocycles. The molecule has 0 atom stereocenters. The molecule has 37 heavy (non-hydrogen) atoms. The molecule has 4 aromatic rings. The lowest BCUT2D eigenvalue weighted by Gasteiger charge is -2.28. The van der Waals surface area contributed by atoms with E-state index in [0.717, 1.165) is 31.2 Å². The van der Waals surface area contributed by atoms with Crippen LogP contribution in [-0.4, -0.2) is 17.1 Å². The number of aromatic hydroxyl groups is 1. The SMILES string of the molecule is CCCC[P+](c1ccccc1)(c1ccccc1)c1cccc(Oc2ccc(C(C)=O)c(O)c2CCC)c1. The van der Waals surface area contributed by atoms with Gasteiger partial charge in [0, 0.05) is 11.6 Å². The number of phenols is 1. The molecule has 0 heterocycles. The number of carbonyl (C=O) groups is 1. The van der Waals surface area contributed by atoms with Crippen molar-refractivity contribution in [2.75, 3.05) is 6.16 Å². The third kappa shape index (κ3) is 5.63. The Balaban J connectivity index is 1.84. The zero-order valence-corrected chi connectivity index (χ0v) is 22.9. The number of rotatable bonds is 11. The molecule has 0 saturated carbocycles. The van der Waals surface area contributed by atoms with Gasteiger partial charge in [0.15, 0.2) is 5.78 Å². The molecule has 4 aromatic carbocycles. The minimum absolute atomic E-state index is 0.0290. The summed E-state index contributed by atoms with van der Waals surface area (Å²) < 4.78 is 6.44. The molecular formula is C33H36O3P+. The summed E-state index contributed by atoms with van der Waals surface area (Å²) in [4.78, 5) is 12.0. The summed E-state index contributed by atoms with van der Waals surface area (Å²) in [6.45, 7) is 5.77. The Morgan fingerprint density at radius 3 is 1.97 bits per heavy atom. The maximum atomic E-state index is 12.0. The standard InChI is InChI=1S/C33H35O3P/c1-4-6-23-37(27-16-9-7-10-17-27,28-18-11-8-12-19-28)29-20-13-15-26(24-29)36-32-22-21-30(25(3)34)33(35)31(32)14-5-2/h7-13,15-22,24H,4-6,14,23H2,1-3H3/p+1. The zero-order valence-electron chi connectivity index (χ0n) is 22.0. The third-order valence-corrected chi connectivity index (χ3v) is 11.4. The minimum atomic E-state index is -1.93. The summed E-state index contributed by atoms with van der Waals surface area (Å²) in [5, 5.41) is 14.8. The summed E-state index contributed by atoms with van der Waals surface area (Å²) in [6, 6.07) is 33.7. The molecule has 0 aliphatic rings. The number of carbonyl (C=O) groups excluding carboxylic acids is 1. The quantitative estimate of drug-likeness (QED) is 0.168. The second kappa shape index (κ2) is 12.2. The highest BCUT2D eigenvalue weighted by Crippen LogP contribution is 2.56. The van der Waals surface area contributed by atoms with Crippen molar-refractivity contribution in [1.82, 2.24) is 0 Å². The van der Waals surface area contributed by atoms with E-state index in [1.165, 1.54) is 22.8 Å². The lowest BCUT2D eigenvalue weighted by molar-refractivity contribution is 0.101. The Morgan fingerprint density at radius 2 is 1.41 bits per heavy atom. The summed E-state index contributed by atoms with van der Waals surface area (Å²) in [5.41, 5.74) is 1.01. The fourth-order valence-corrected chi connectivity index (χ4v) is 9.51. The molecule has 0 unspecified atom stereocenters. The second-order valence-electron chi connectivity index (χ2n) is 9.40. The summed E-state index contributed by atoms with van der Waals surface area (Å²) >= 11 is 0. The van der Waals surface area contributed by atoms with Crippen molar-refractivity contribution in [3.8, 4) is 17.2 Å². The molecule has 0 fully saturated rings. The van der Waals surface area contributed by atoms with Gasteiger partial charge in [0.1, 0.15) is 40.4 Å². The Bertz CT molecular complexity index is 1290. The average Bonchev–Trinajstić information content (AvgIpc) is 2.92. The van der Waals surface area contributed by atoms with Crippen molar-refractivity contribution in [3.05, 3.63) is 108 Å². The van der Waals surface area contributed by atoms with Gasteiger partial charge in [-0.2, -0.15) is 0 Å². The monoisotopic (exact) mass is 511 g/mol. The summed E-state index contributed by atoms with van der Waals surface area (Å²) in [7, 11) is -1.93. The third-order valence-electron chi connectivity index (χ3n) is 6.85. The fraction of sp³-hybridized carbons (Fsp3) is 0.242. The lowest BCUT2D eigenvalue weighted by Crippen LogP contribution is -2.33. The molecule has 0 aliphatic heterocycles. The lowest BCUT2D eigenvalue weighted by atomic mass is 10.0. The number of phenolic OH excluding ortho intramolecular Hbond substituents is 1. The number of ketones is 1. The van der Waals surface area contributed by atoms with Crippen molar-refractivity contribution in [2.45, 2.75) is 46.5 Å². The Morgan fingerprint density at radius 1 is 0.784 bits per heavy atom. The van der Waals surface area contributed by atoms with E-state index < -0.39 is 7.26 Å². The summed E-state index contributed by atoms with van der Waals surface area (Å²) in [6.07, 6.45) is 4.79. The first-order chi connectivity index (χ1) is 18.0. The first kappa shape index (κ1) is 26.6. The van der Waals surface area contributed by atoms with Crippen molar-refractivity contribution in [1.29, 1.82) is 0 Å². The fourth-order valence-electron chi connectivity index (χ4n) is 5.00. The van der Waals surface area contributed by atoms with Crippen LogP contribution < -0.4 is 20.7 Å². The van der Waals surface area contributed by atoms with Crippen LogP contribution in [0.2, 0.25) is 0 Å². The van der Waals surface area contributed by atoms with E-state index in [0.29, 0.717) is 23.3 Å². The number of benzene rings is 4. The van der Waals surface area contributed by atoms with Crippen LogP contribution in [0.3, 0.4) is 0 Å². The Kier molecular flexibility index (Phi) is 8.79. The zero-order chi connectivity index (χ0) is 26.3. The van der Waals surface area contributed by atoms with Gasteiger partial charge >= 0.3 is 0 Å². The molecular weight excluding hydrogens is 475 g/mol. The highest BCUT2D eigenvalue weighted by Gasteiger charge is 2.44. The van der Waals surface area contributed by atoms with Gasteiger partial charge in [0.25, 0.3) is 0 Å². The van der Waals surface area contributed by atoms with Gasteiger partial charge in [-0.25, -0.2) is 0 Å². The van der Waals surface area contributed by atoms with Crippen molar-refractivity contribution in [2.24, 2.45) is 0 Å². The molecule has 0 amide bonds. The number of hydrogen-bond acceptors (Lipinski definition) is 3. The van der Waals surface area contributed by atoms with Crippen molar-refractivity contribution >= 4 is 29.0 Å². The van der Waals surface area contributed by atoms with Crippen LogP contribution in [0.5, 0.6) is 17.2 Å². The minimum Gasteiger partial charge on any atom is -0.507 e. The van der Waals surface area contributed by atoms with Gasteiger partial charge < -0.3 is 9.84 Å². The topological polar surface area (TPSA) is 46.5 Å². The van der Waals surface area contributed by atoms with Crippen LogP contribution in [0.4, 0.5) is 0 Å². The van der Waals surface area contributed by atoms with Crippen molar-refractivity contribution < 1.29 is 14.6 Å². The average molecular weight is 512 g/mol. The number of ether oxygens (including phenoxy) is 1. The van der Waals surface area contributed by atoms with Gasteiger partial charge in [0.2, 0.25) is 0 Å². The predicted molar refractivity (Wildman–Crippen MR) is 157 cm³/mol. The van der Waals surface area contributed by atoms with Gasteiger partial charge in [-0.3, -0.25) is 4.79 Å². The van der Waals surface area contributed by atoms with E-state index >= 15 is 0 Å². The van der Waals surface area contributed by atoms with E-state index in [2.05, 4.69) is 92.7 Å². The number of Topliss-reactive ketones (excluding diaryl/α,β-unsaturated/α-hetero) is 1. The molecule has 0 spiro atoms. The van der Waals surface area contributed by atoms with Crippen LogP contribution >= 0.6 is 7.26 Å². The van der Waals surface area contributed by atoms with Crippen LogP contribution in [0, 0.1) is 0 Å². The molecule has 0 bridgehead atoms.